The SMILES string of the molecule is CC1CC(C(=O)N2CCNC(=O)C2)CCC1N. The minimum absolute atomic E-state index is 0.0508. The lowest BCUT2D eigenvalue weighted by Gasteiger charge is -2.35. The molecule has 17 heavy (non-hydrogen) atoms. The summed E-state index contributed by atoms with van der Waals surface area (Å²) in [6.45, 7) is 3.54. The second-order valence-corrected chi connectivity index (χ2v) is 5.26. The molecular weight excluding hydrogens is 218 g/mol. The third-order valence-corrected chi connectivity index (χ3v) is 3.93. The Morgan fingerprint density at radius 3 is 2.88 bits per heavy atom. The summed E-state index contributed by atoms with van der Waals surface area (Å²) in [7, 11) is 0. The number of carbonyl (C=O) groups excluding carboxylic acids is 2. The van der Waals surface area contributed by atoms with Gasteiger partial charge in [0.05, 0.1) is 6.54 Å². The van der Waals surface area contributed by atoms with Crippen LogP contribution >= 0.6 is 0 Å². The predicted octanol–water partition coefficient (Wildman–Crippen LogP) is -0.292. The van der Waals surface area contributed by atoms with Crippen LogP contribution in [-0.2, 0) is 9.59 Å². The molecule has 1 aliphatic heterocycles. The molecule has 2 aliphatic rings. The minimum Gasteiger partial charge on any atom is -0.353 e. The van der Waals surface area contributed by atoms with Gasteiger partial charge in [-0.3, -0.25) is 9.59 Å². The Morgan fingerprint density at radius 1 is 1.47 bits per heavy atom. The van der Waals surface area contributed by atoms with Gasteiger partial charge >= 0.3 is 0 Å². The zero-order chi connectivity index (χ0) is 12.4. The van der Waals surface area contributed by atoms with E-state index in [1.54, 1.807) is 4.90 Å². The Morgan fingerprint density at radius 2 is 2.24 bits per heavy atom. The van der Waals surface area contributed by atoms with Crippen LogP contribution < -0.4 is 11.1 Å². The first-order chi connectivity index (χ1) is 8.08. The Kier molecular flexibility index (Phi) is 3.66. The molecule has 0 radical (unpaired) electrons. The highest BCUT2D eigenvalue weighted by Gasteiger charge is 2.33. The Balaban J connectivity index is 1.93. The van der Waals surface area contributed by atoms with Crippen LogP contribution in [0.3, 0.4) is 0 Å². The van der Waals surface area contributed by atoms with Crippen molar-refractivity contribution >= 4 is 11.8 Å². The van der Waals surface area contributed by atoms with E-state index in [-0.39, 0.29) is 30.3 Å². The van der Waals surface area contributed by atoms with Crippen LogP contribution in [0.25, 0.3) is 0 Å². The molecule has 1 saturated carbocycles. The van der Waals surface area contributed by atoms with Crippen molar-refractivity contribution in [3.63, 3.8) is 0 Å². The van der Waals surface area contributed by atoms with Crippen LogP contribution in [0.2, 0.25) is 0 Å². The lowest BCUT2D eigenvalue weighted by Crippen LogP contribution is -2.52. The van der Waals surface area contributed by atoms with Gasteiger partial charge in [-0.25, -0.2) is 0 Å². The van der Waals surface area contributed by atoms with Gasteiger partial charge in [-0.15, -0.1) is 0 Å². The molecule has 3 atom stereocenters. The number of nitrogens with zero attached hydrogens (tertiary/aromatic N) is 1. The highest BCUT2D eigenvalue weighted by molar-refractivity contribution is 5.87. The van der Waals surface area contributed by atoms with Crippen LogP contribution in [0.4, 0.5) is 0 Å². The first kappa shape index (κ1) is 12.4. The molecule has 1 heterocycles. The van der Waals surface area contributed by atoms with Gasteiger partial charge in [0, 0.05) is 25.0 Å². The molecule has 0 bridgehead atoms. The summed E-state index contributed by atoms with van der Waals surface area (Å²) in [6, 6.07) is 0.226. The van der Waals surface area contributed by atoms with Crippen LogP contribution in [0.5, 0.6) is 0 Å². The summed E-state index contributed by atoms with van der Waals surface area (Å²) >= 11 is 0. The molecule has 5 nitrogen and oxygen atoms in total. The minimum atomic E-state index is -0.0508. The van der Waals surface area contributed by atoms with Crippen molar-refractivity contribution in [2.45, 2.75) is 32.2 Å². The van der Waals surface area contributed by atoms with Crippen molar-refractivity contribution in [2.24, 2.45) is 17.6 Å². The number of piperazine rings is 1. The molecule has 0 aromatic carbocycles. The Labute approximate surface area is 102 Å². The summed E-state index contributed by atoms with van der Waals surface area (Å²) < 4.78 is 0. The number of nitrogens with two attached hydrogens (primary N) is 1. The maximum absolute atomic E-state index is 12.3. The summed E-state index contributed by atoms with van der Waals surface area (Å²) in [5.74, 6) is 0.552. The second-order valence-electron chi connectivity index (χ2n) is 5.26. The highest BCUT2D eigenvalue weighted by atomic mass is 16.2. The second kappa shape index (κ2) is 5.04. The van der Waals surface area contributed by atoms with Gasteiger partial charge in [0.2, 0.25) is 11.8 Å². The van der Waals surface area contributed by atoms with Gasteiger partial charge in [0.1, 0.15) is 0 Å². The molecular formula is C12H21N3O2. The van der Waals surface area contributed by atoms with Gasteiger partial charge < -0.3 is 16.0 Å². The first-order valence-electron chi connectivity index (χ1n) is 6.39. The number of rotatable bonds is 1. The molecule has 1 aliphatic carbocycles. The fourth-order valence-electron chi connectivity index (χ4n) is 2.73. The van der Waals surface area contributed by atoms with E-state index in [1.165, 1.54) is 0 Å². The Bertz CT molecular complexity index is 319. The van der Waals surface area contributed by atoms with Crippen molar-refractivity contribution < 1.29 is 9.59 Å². The normalized spacial score (nSPS) is 34.4. The van der Waals surface area contributed by atoms with Crippen LogP contribution in [0.1, 0.15) is 26.2 Å². The lowest BCUT2D eigenvalue weighted by atomic mass is 9.78. The van der Waals surface area contributed by atoms with E-state index in [4.69, 9.17) is 5.73 Å². The van der Waals surface area contributed by atoms with Crippen molar-refractivity contribution in [3.8, 4) is 0 Å². The third-order valence-electron chi connectivity index (χ3n) is 3.93. The molecule has 2 amide bonds. The predicted molar refractivity (Wildman–Crippen MR) is 64.1 cm³/mol. The molecule has 96 valence electrons. The van der Waals surface area contributed by atoms with E-state index in [0.717, 1.165) is 19.3 Å². The summed E-state index contributed by atoms with van der Waals surface area (Å²) in [4.78, 5) is 25.2. The smallest absolute Gasteiger partial charge is 0.239 e. The molecule has 0 spiro atoms. The lowest BCUT2D eigenvalue weighted by molar-refractivity contribution is -0.142. The Hall–Kier alpha value is -1.10. The summed E-state index contributed by atoms with van der Waals surface area (Å²) in [6.07, 6.45) is 2.64. The zero-order valence-corrected chi connectivity index (χ0v) is 10.3. The zero-order valence-electron chi connectivity index (χ0n) is 10.3. The van der Waals surface area contributed by atoms with Crippen molar-refractivity contribution in [1.82, 2.24) is 10.2 Å². The van der Waals surface area contributed by atoms with E-state index in [0.29, 0.717) is 19.0 Å². The number of carbonyl (C=O) groups is 2. The molecule has 2 fully saturated rings. The van der Waals surface area contributed by atoms with Gasteiger partial charge in [0.25, 0.3) is 0 Å². The molecule has 3 N–H and O–H groups in total. The fourth-order valence-corrected chi connectivity index (χ4v) is 2.73. The van der Waals surface area contributed by atoms with Crippen molar-refractivity contribution in [1.29, 1.82) is 0 Å². The van der Waals surface area contributed by atoms with Gasteiger partial charge in [-0.2, -0.15) is 0 Å². The average molecular weight is 239 g/mol. The van der Waals surface area contributed by atoms with E-state index >= 15 is 0 Å². The monoisotopic (exact) mass is 239 g/mol. The molecule has 0 aromatic rings. The molecule has 5 heteroatoms. The van der Waals surface area contributed by atoms with Crippen molar-refractivity contribution in [2.75, 3.05) is 19.6 Å². The first-order valence-corrected chi connectivity index (χ1v) is 6.39. The largest absolute Gasteiger partial charge is 0.353 e. The highest BCUT2D eigenvalue weighted by Crippen LogP contribution is 2.29. The standard InChI is InChI=1S/C12H21N3O2/c1-8-6-9(2-3-10(8)13)12(17)15-5-4-14-11(16)7-15/h8-10H,2-7,13H2,1H3,(H,14,16). The van der Waals surface area contributed by atoms with E-state index < -0.39 is 0 Å². The van der Waals surface area contributed by atoms with Gasteiger partial charge in [-0.05, 0) is 25.2 Å². The summed E-state index contributed by atoms with van der Waals surface area (Å²) in [5.41, 5.74) is 5.95. The van der Waals surface area contributed by atoms with Crippen LogP contribution in [0.15, 0.2) is 0 Å². The van der Waals surface area contributed by atoms with Gasteiger partial charge in [-0.1, -0.05) is 6.92 Å². The van der Waals surface area contributed by atoms with Crippen LogP contribution in [0, 0.1) is 11.8 Å². The number of amides is 2. The van der Waals surface area contributed by atoms with Gasteiger partial charge in [0.15, 0.2) is 0 Å². The summed E-state index contributed by atoms with van der Waals surface area (Å²) in [5, 5.41) is 2.73. The number of nitrogens with one attached hydrogen (secondary N) is 1. The number of hydrogen-bond acceptors (Lipinski definition) is 3. The molecule has 3 unspecified atom stereocenters. The van der Waals surface area contributed by atoms with E-state index in [9.17, 15) is 9.59 Å². The average Bonchev–Trinajstić information content (AvgIpc) is 2.32. The maximum Gasteiger partial charge on any atom is 0.239 e. The molecule has 1 saturated heterocycles. The van der Waals surface area contributed by atoms with E-state index in [2.05, 4.69) is 12.2 Å². The maximum atomic E-state index is 12.3. The third kappa shape index (κ3) is 2.77. The van der Waals surface area contributed by atoms with E-state index in [1.807, 2.05) is 0 Å². The molecule has 2 rings (SSSR count). The molecule has 0 aromatic heterocycles. The fraction of sp³-hybridized carbons (Fsp3) is 0.833. The van der Waals surface area contributed by atoms with Crippen molar-refractivity contribution in [3.05, 3.63) is 0 Å². The topological polar surface area (TPSA) is 75.4 Å². The van der Waals surface area contributed by atoms with Crippen LogP contribution in [-0.4, -0.2) is 42.4 Å². The quantitative estimate of drug-likeness (QED) is 0.660. The number of hydrogen-bond donors (Lipinski definition) is 2.